The van der Waals surface area contributed by atoms with Crippen molar-refractivity contribution in [1.82, 2.24) is 4.58 Å². The van der Waals surface area contributed by atoms with Gasteiger partial charge in [-0.3, -0.25) is 4.99 Å². The molecule has 0 spiro atoms. The summed E-state index contributed by atoms with van der Waals surface area (Å²) in [6.45, 7) is 19.7. The Balaban J connectivity index is 0.00000199. The molecule has 0 saturated heterocycles. The first-order valence-corrected chi connectivity index (χ1v) is 12.9. The maximum atomic E-state index is 4.52. The van der Waals surface area contributed by atoms with Crippen LogP contribution in [0.25, 0.3) is 0 Å². The molecule has 0 radical (unpaired) electrons. The van der Waals surface area contributed by atoms with Gasteiger partial charge < -0.3 is 9.80 Å². The molecule has 4 heteroatoms. The minimum absolute atomic E-state index is 0.794. The highest BCUT2D eigenvalue weighted by atomic mass is 15.1. The zero-order chi connectivity index (χ0) is 24.9. The van der Waals surface area contributed by atoms with E-state index in [9.17, 15) is 0 Å². The van der Waals surface area contributed by atoms with Gasteiger partial charge in [-0.1, -0.05) is 13.8 Å². The summed E-state index contributed by atoms with van der Waals surface area (Å²) in [5.41, 5.74) is 6.96. The predicted octanol–water partition coefficient (Wildman–Crippen LogP) is 7.27. The van der Waals surface area contributed by atoms with Crippen LogP contribution >= 0.6 is 0 Å². The molecular formula is C30H43N4+. The summed E-state index contributed by atoms with van der Waals surface area (Å²) in [6.07, 6.45) is 8.51. The van der Waals surface area contributed by atoms with Crippen LogP contribution in [0.15, 0.2) is 77.8 Å². The average molecular weight is 460 g/mol. The predicted molar refractivity (Wildman–Crippen MR) is 154 cm³/mol. The van der Waals surface area contributed by atoms with Gasteiger partial charge in [0.05, 0.1) is 5.71 Å². The number of aliphatic imine (C=N–C) groups is 1. The lowest BCUT2D eigenvalue weighted by molar-refractivity contribution is 0.865. The van der Waals surface area contributed by atoms with Crippen molar-refractivity contribution in [1.29, 1.82) is 0 Å². The molecule has 0 heterocycles. The summed E-state index contributed by atoms with van der Waals surface area (Å²) in [6, 6.07) is 17.8. The van der Waals surface area contributed by atoms with Gasteiger partial charge in [-0.2, -0.15) is 4.58 Å². The number of allylic oxidation sites excluding steroid dienone is 4. The van der Waals surface area contributed by atoms with E-state index in [2.05, 4.69) is 127 Å². The van der Waals surface area contributed by atoms with Crippen LogP contribution in [-0.4, -0.2) is 44.1 Å². The van der Waals surface area contributed by atoms with E-state index in [0.29, 0.717) is 0 Å². The van der Waals surface area contributed by atoms with Crippen LogP contribution in [0.3, 0.4) is 0 Å². The zero-order valence-corrected chi connectivity index (χ0v) is 22.3. The van der Waals surface area contributed by atoms with Crippen molar-refractivity contribution in [3.05, 3.63) is 72.8 Å². The van der Waals surface area contributed by atoms with E-state index >= 15 is 0 Å². The number of anilines is 2. The molecule has 3 rings (SSSR count). The molecule has 34 heavy (non-hydrogen) atoms. The molecule has 0 unspecified atom stereocenters. The molecule has 0 atom stereocenters. The lowest BCUT2D eigenvalue weighted by Crippen LogP contribution is -2.22. The molecule has 182 valence electrons. The minimum atomic E-state index is 0.794. The quantitative estimate of drug-likeness (QED) is 0.290. The van der Waals surface area contributed by atoms with E-state index < -0.39 is 0 Å². The first kappa shape index (κ1) is 27.1. The molecule has 0 aromatic heterocycles. The maximum Gasteiger partial charge on any atom is 0.211 e. The zero-order valence-electron chi connectivity index (χ0n) is 22.3. The highest BCUT2D eigenvalue weighted by Crippen LogP contribution is 2.27. The summed E-state index contributed by atoms with van der Waals surface area (Å²) in [5, 5.41) is 0. The number of hydrogen-bond donors (Lipinski definition) is 0. The Kier molecular flexibility index (Phi) is 11.3. The number of nitrogens with zero attached hydrogens (tertiary/aromatic N) is 4. The Morgan fingerprint density at radius 1 is 0.588 bits per heavy atom. The van der Waals surface area contributed by atoms with Gasteiger partial charge in [0, 0.05) is 80.5 Å². The van der Waals surface area contributed by atoms with Crippen LogP contribution in [0.5, 0.6) is 0 Å². The lowest BCUT2D eigenvalue weighted by Gasteiger charge is -2.21. The largest absolute Gasteiger partial charge is 0.372 e. The van der Waals surface area contributed by atoms with Gasteiger partial charge in [-0.25, -0.2) is 0 Å². The Hall–Kier alpha value is -3.14. The van der Waals surface area contributed by atoms with Crippen LogP contribution in [0.1, 0.15) is 48.5 Å². The van der Waals surface area contributed by atoms with Crippen LogP contribution in [0.2, 0.25) is 0 Å². The molecule has 0 saturated carbocycles. The van der Waals surface area contributed by atoms with E-state index in [-0.39, 0.29) is 0 Å². The van der Waals surface area contributed by atoms with Gasteiger partial charge in [-0.15, -0.1) is 0 Å². The fourth-order valence-corrected chi connectivity index (χ4v) is 4.14. The third-order valence-electron chi connectivity index (χ3n) is 5.92. The van der Waals surface area contributed by atoms with Crippen molar-refractivity contribution in [3.63, 3.8) is 0 Å². The Labute approximate surface area is 207 Å². The fraction of sp³-hybridized carbons (Fsp3) is 0.400. The lowest BCUT2D eigenvalue weighted by atomic mass is 10.1. The fourth-order valence-electron chi connectivity index (χ4n) is 4.14. The van der Waals surface area contributed by atoms with Gasteiger partial charge in [0.1, 0.15) is 0 Å². The molecule has 0 aliphatic heterocycles. The van der Waals surface area contributed by atoms with Gasteiger partial charge in [0.15, 0.2) is 0 Å². The summed E-state index contributed by atoms with van der Waals surface area (Å²) in [4.78, 5) is 9.26. The molecule has 0 N–H and O–H groups in total. The van der Waals surface area contributed by atoms with Crippen molar-refractivity contribution in [3.8, 4) is 0 Å². The summed E-state index contributed by atoms with van der Waals surface area (Å²) in [7, 11) is 0. The first-order valence-electron chi connectivity index (χ1n) is 12.9. The molecule has 0 amide bonds. The Morgan fingerprint density at radius 2 is 0.971 bits per heavy atom. The molecule has 2 aromatic carbocycles. The topological polar surface area (TPSA) is 21.9 Å². The van der Waals surface area contributed by atoms with Crippen molar-refractivity contribution in [2.24, 2.45) is 4.99 Å². The summed E-state index contributed by atoms with van der Waals surface area (Å²) < 4.78 is 2.31. The SMILES string of the molecule is CC.CCN=C1C=CC(=[N+](c2ccc(N(CC)CC)cc2)c2ccc(N(CC)CC)cc2)C=C1. The molecular weight excluding hydrogens is 416 g/mol. The van der Waals surface area contributed by atoms with Crippen LogP contribution in [0, 0.1) is 0 Å². The van der Waals surface area contributed by atoms with Crippen LogP contribution in [0.4, 0.5) is 22.7 Å². The first-order chi connectivity index (χ1) is 16.6. The molecule has 4 nitrogen and oxygen atoms in total. The Bertz CT molecular complexity index is 912. The van der Waals surface area contributed by atoms with Gasteiger partial charge >= 0.3 is 0 Å². The van der Waals surface area contributed by atoms with Gasteiger partial charge in [-0.05, 0) is 71.0 Å². The second-order valence-electron chi connectivity index (χ2n) is 7.70. The van der Waals surface area contributed by atoms with Crippen molar-refractivity contribution < 1.29 is 0 Å². The smallest absolute Gasteiger partial charge is 0.211 e. The van der Waals surface area contributed by atoms with Crippen LogP contribution < -0.4 is 14.4 Å². The number of rotatable bonds is 9. The maximum absolute atomic E-state index is 4.52. The standard InChI is InChI=1S/C28H37N4.C2H6/c1-6-29-23-11-13-26(14-12-23)32(27-19-15-24(16-20-27)30(7-2)8-3)28-21-17-25(18-22-28)31(9-4)10-5;1-2/h11-22H,6-10H2,1-5H3;1-2H3/q+1;. The Morgan fingerprint density at radius 3 is 1.29 bits per heavy atom. The average Bonchev–Trinajstić information content (AvgIpc) is 2.90. The number of benzene rings is 2. The van der Waals surface area contributed by atoms with E-state index in [4.69, 9.17) is 0 Å². The van der Waals surface area contributed by atoms with Crippen molar-refractivity contribution >= 4 is 34.2 Å². The van der Waals surface area contributed by atoms with Crippen molar-refractivity contribution in [2.45, 2.75) is 48.5 Å². The minimum Gasteiger partial charge on any atom is -0.372 e. The molecule has 1 aliphatic carbocycles. The third kappa shape index (κ3) is 6.69. The van der Waals surface area contributed by atoms with Crippen molar-refractivity contribution in [2.75, 3.05) is 42.5 Å². The summed E-state index contributed by atoms with van der Waals surface area (Å²) in [5.74, 6) is 0. The molecule has 0 bridgehead atoms. The van der Waals surface area contributed by atoms with Gasteiger partial charge in [0.25, 0.3) is 0 Å². The molecule has 1 aliphatic rings. The summed E-state index contributed by atoms with van der Waals surface area (Å²) >= 11 is 0. The van der Waals surface area contributed by atoms with E-state index in [1.807, 2.05) is 13.8 Å². The van der Waals surface area contributed by atoms with Crippen LogP contribution in [-0.2, 0) is 0 Å². The molecule has 0 fully saturated rings. The van der Waals surface area contributed by atoms with Gasteiger partial charge in [0.2, 0.25) is 17.1 Å². The number of hydrogen-bond acceptors (Lipinski definition) is 3. The van der Waals surface area contributed by atoms with E-state index in [0.717, 1.165) is 55.5 Å². The highest BCUT2D eigenvalue weighted by Gasteiger charge is 2.20. The third-order valence-corrected chi connectivity index (χ3v) is 5.92. The monoisotopic (exact) mass is 459 g/mol. The second-order valence-corrected chi connectivity index (χ2v) is 7.70. The second kappa shape index (κ2) is 14.2. The van der Waals surface area contributed by atoms with E-state index in [1.54, 1.807) is 0 Å². The molecule has 2 aromatic rings. The highest BCUT2D eigenvalue weighted by molar-refractivity contribution is 6.19. The normalized spacial score (nSPS) is 12.2. The van der Waals surface area contributed by atoms with E-state index in [1.165, 1.54) is 11.4 Å².